The largest absolute Gasteiger partial charge is 0.508 e. The first-order valence-electron chi connectivity index (χ1n) is 4.88. The molecular formula is C11H14ClNO. The van der Waals surface area contributed by atoms with Gasteiger partial charge in [-0.1, -0.05) is 6.07 Å². The molecule has 0 amide bonds. The van der Waals surface area contributed by atoms with Crippen molar-refractivity contribution in [3.05, 3.63) is 29.3 Å². The highest BCUT2D eigenvalue weighted by Gasteiger charge is 2.33. The van der Waals surface area contributed by atoms with Crippen LogP contribution in [0.15, 0.2) is 18.2 Å². The summed E-state index contributed by atoms with van der Waals surface area (Å²) in [6.45, 7) is 2.18. The highest BCUT2D eigenvalue weighted by Crippen LogP contribution is 2.44. The smallest absolute Gasteiger partial charge is 0.115 e. The maximum atomic E-state index is 9.40. The second kappa shape index (κ2) is 3.44. The van der Waals surface area contributed by atoms with E-state index in [4.69, 9.17) is 0 Å². The van der Waals surface area contributed by atoms with Gasteiger partial charge in [-0.15, -0.1) is 12.4 Å². The normalized spacial score (nSPS) is 28.0. The Morgan fingerprint density at radius 2 is 1.86 bits per heavy atom. The lowest BCUT2D eigenvalue weighted by atomic mass is 9.98. The van der Waals surface area contributed by atoms with E-state index < -0.39 is 0 Å². The topological polar surface area (TPSA) is 32.3 Å². The van der Waals surface area contributed by atoms with Gasteiger partial charge in [0, 0.05) is 13.1 Å². The average Bonchev–Trinajstić information content (AvgIpc) is 2.39. The predicted molar refractivity (Wildman–Crippen MR) is 58.3 cm³/mol. The fourth-order valence-electron chi connectivity index (χ4n) is 2.70. The van der Waals surface area contributed by atoms with E-state index in [2.05, 4.69) is 11.4 Å². The van der Waals surface area contributed by atoms with Crippen molar-refractivity contribution in [2.75, 3.05) is 13.1 Å². The van der Waals surface area contributed by atoms with Crippen LogP contribution in [0.4, 0.5) is 0 Å². The third-order valence-electron chi connectivity index (χ3n) is 3.30. The first kappa shape index (κ1) is 9.81. The first-order valence-corrected chi connectivity index (χ1v) is 4.88. The summed E-state index contributed by atoms with van der Waals surface area (Å²) >= 11 is 0. The number of piperidine rings is 1. The number of halogens is 1. The van der Waals surface area contributed by atoms with Crippen LogP contribution in [-0.2, 0) is 0 Å². The van der Waals surface area contributed by atoms with Crippen molar-refractivity contribution in [2.24, 2.45) is 0 Å². The van der Waals surface area contributed by atoms with Crippen molar-refractivity contribution >= 4 is 12.4 Å². The lowest BCUT2D eigenvalue weighted by molar-refractivity contribution is 0.452. The number of fused-ring (bicyclic) bond motifs is 5. The van der Waals surface area contributed by atoms with Crippen LogP contribution in [0.2, 0.25) is 0 Å². The summed E-state index contributed by atoms with van der Waals surface area (Å²) in [5, 5.41) is 12.8. The molecular weight excluding hydrogens is 198 g/mol. The Kier molecular flexibility index (Phi) is 2.41. The molecule has 76 valence electrons. The Balaban J connectivity index is 0.000000750. The van der Waals surface area contributed by atoms with E-state index in [-0.39, 0.29) is 12.4 Å². The summed E-state index contributed by atoms with van der Waals surface area (Å²) in [5.74, 6) is 1.74. The van der Waals surface area contributed by atoms with Gasteiger partial charge in [-0.3, -0.25) is 0 Å². The van der Waals surface area contributed by atoms with Gasteiger partial charge in [0.2, 0.25) is 0 Å². The summed E-state index contributed by atoms with van der Waals surface area (Å²) in [4.78, 5) is 0. The molecule has 2 bridgehead atoms. The molecule has 0 spiro atoms. The number of benzene rings is 1. The predicted octanol–water partition coefficient (Wildman–Crippen LogP) is 1.99. The fraction of sp³-hybridized carbons (Fsp3) is 0.455. The fourth-order valence-corrected chi connectivity index (χ4v) is 2.70. The third-order valence-corrected chi connectivity index (χ3v) is 3.30. The van der Waals surface area contributed by atoms with Crippen LogP contribution in [0, 0.1) is 0 Å². The molecule has 1 heterocycles. The van der Waals surface area contributed by atoms with Gasteiger partial charge in [-0.05, 0) is 41.5 Å². The van der Waals surface area contributed by atoms with E-state index >= 15 is 0 Å². The lowest BCUT2D eigenvalue weighted by Crippen LogP contribution is -2.28. The van der Waals surface area contributed by atoms with Gasteiger partial charge in [-0.2, -0.15) is 0 Å². The summed E-state index contributed by atoms with van der Waals surface area (Å²) in [6.07, 6.45) is 1.27. The number of rotatable bonds is 0. The van der Waals surface area contributed by atoms with Crippen molar-refractivity contribution in [1.82, 2.24) is 5.32 Å². The summed E-state index contributed by atoms with van der Waals surface area (Å²) in [5.41, 5.74) is 2.82. The molecule has 1 aliphatic carbocycles. The van der Waals surface area contributed by atoms with Gasteiger partial charge >= 0.3 is 0 Å². The molecule has 2 N–H and O–H groups in total. The molecule has 2 atom stereocenters. The third kappa shape index (κ3) is 1.30. The number of aromatic hydroxyl groups is 1. The van der Waals surface area contributed by atoms with Crippen molar-refractivity contribution in [1.29, 1.82) is 0 Å². The van der Waals surface area contributed by atoms with E-state index in [1.807, 2.05) is 6.07 Å². The standard InChI is InChI=1S/C11H13NO.ClH/c13-9-1-2-10-7-3-8(6-12-5-7)11(10)4-9;/h1-2,4,7-8,12-13H,3,5-6H2;1H. The Morgan fingerprint density at radius 3 is 2.64 bits per heavy atom. The van der Waals surface area contributed by atoms with Crippen LogP contribution < -0.4 is 5.32 Å². The molecule has 1 saturated heterocycles. The highest BCUT2D eigenvalue weighted by molar-refractivity contribution is 5.85. The van der Waals surface area contributed by atoms with Crippen LogP contribution >= 0.6 is 12.4 Å². The van der Waals surface area contributed by atoms with Crippen molar-refractivity contribution in [3.63, 3.8) is 0 Å². The van der Waals surface area contributed by atoms with Crippen molar-refractivity contribution in [3.8, 4) is 5.75 Å². The Bertz CT molecular complexity index is 353. The zero-order valence-electron chi connectivity index (χ0n) is 7.86. The Labute approximate surface area is 89.7 Å². The van der Waals surface area contributed by atoms with Gasteiger partial charge in [0.15, 0.2) is 0 Å². The quantitative estimate of drug-likeness (QED) is 0.688. The van der Waals surface area contributed by atoms with E-state index in [0.29, 0.717) is 17.6 Å². The Hall–Kier alpha value is -0.730. The summed E-state index contributed by atoms with van der Waals surface area (Å²) < 4.78 is 0. The molecule has 3 rings (SSSR count). The van der Waals surface area contributed by atoms with Crippen LogP contribution in [0.1, 0.15) is 29.4 Å². The number of nitrogens with one attached hydrogen (secondary N) is 1. The molecule has 0 aromatic heterocycles. The SMILES string of the molecule is Cl.Oc1ccc2c(c1)C1CNCC2C1. The summed E-state index contributed by atoms with van der Waals surface area (Å²) in [6, 6.07) is 5.83. The number of hydrogen-bond donors (Lipinski definition) is 2. The maximum Gasteiger partial charge on any atom is 0.115 e. The minimum absolute atomic E-state index is 0. The molecule has 1 fully saturated rings. The van der Waals surface area contributed by atoms with Crippen LogP contribution in [-0.4, -0.2) is 18.2 Å². The molecule has 0 saturated carbocycles. The number of phenolic OH excluding ortho intramolecular Hbond substituents is 1. The zero-order chi connectivity index (χ0) is 8.84. The van der Waals surface area contributed by atoms with Gasteiger partial charge in [-0.25, -0.2) is 0 Å². The number of hydrogen-bond acceptors (Lipinski definition) is 2. The van der Waals surface area contributed by atoms with Gasteiger partial charge in [0.05, 0.1) is 0 Å². The van der Waals surface area contributed by atoms with E-state index in [9.17, 15) is 5.11 Å². The van der Waals surface area contributed by atoms with E-state index in [1.165, 1.54) is 17.5 Å². The van der Waals surface area contributed by atoms with Crippen LogP contribution in [0.5, 0.6) is 5.75 Å². The Morgan fingerprint density at radius 1 is 1.14 bits per heavy atom. The molecule has 1 aromatic carbocycles. The van der Waals surface area contributed by atoms with Crippen LogP contribution in [0.25, 0.3) is 0 Å². The van der Waals surface area contributed by atoms with Gasteiger partial charge < -0.3 is 10.4 Å². The molecule has 2 aliphatic rings. The number of phenols is 1. The first-order chi connectivity index (χ1) is 6.34. The van der Waals surface area contributed by atoms with Crippen molar-refractivity contribution in [2.45, 2.75) is 18.3 Å². The van der Waals surface area contributed by atoms with Crippen molar-refractivity contribution < 1.29 is 5.11 Å². The summed E-state index contributed by atoms with van der Waals surface area (Å²) in [7, 11) is 0. The van der Waals surface area contributed by atoms with Crippen LogP contribution in [0.3, 0.4) is 0 Å². The molecule has 1 aromatic rings. The lowest BCUT2D eigenvalue weighted by Gasteiger charge is -2.19. The van der Waals surface area contributed by atoms with Gasteiger partial charge in [0.25, 0.3) is 0 Å². The minimum atomic E-state index is 0. The molecule has 14 heavy (non-hydrogen) atoms. The zero-order valence-corrected chi connectivity index (χ0v) is 8.68. The maximum absolute atomic E-state index is 9.40. The monoisotopic (exact) mass is 211 g/mol. The molecule has 2 nitrogen and oxygen atoms in total. The molecule has 2 unspecified atom stereocenters. The second-order valence-electron chi connectivity index (χ2n) is 4.10. The highest BCUT2D eigenvalue weighted by atomic mass is 35.5. The second-order valence-corrected chi connectivity index (χ2v) is 4.10. The minimum Gasteiger partial charge on any atom is -0.508 e. The molecule has 1 aliphatic heterocycles. The van der Waals surface area contributed by atoms with Gasteiger partial charge in [0.1, 0.15) is 5.75 Å². The van der Waals surface area contributed by atoms with E-state index in [1.54, 1.807) is 6.07 Å². The molecule has 3 heteroatoms. The average molecular weight is 212 g/mol. The van der Waals surface area contributed by atoms with E-state index in [0.717, 1.165) is 13.1 Å². The molecule has 0 radical (unpaired) electrons.